The van der Waals surface area contributed by atoms with Crippen molar-refractivity contribution in [1.29, 1.82) is 0 Å². The van der Waals surface area contributed by atoms with Crippen LogP contribution in [0.5, 0.6) is 0 Å². The minimum absolute atomic E-state index is 0.126. The van der Waals surface area contributed by atoms with Gasteiger partial charge in [0.15, 0.2) is 0 Å². The molecule has 90 valence electrons. The minimum Gasteiger partial charge on any atom is -0.207 e. The van der Waals surface area contributed by atoms with Crippen LogP contribution < -0.4 is 0 Å². The van der Waals surface area contributed by atoms with Crippen LogP contribution in [-0.2, 0) is 22.2 Å². The lowest BCUT2D eigenvalue weighted by atomic mass is 10.1. The third-order valence-electron chi connectivity index (χ3n) is 1.71. The van der Waals surface area contributed by atoms with Crippen molar-refractivity contribution < 1.29 is 29.9 Å². The number of hydrogen-bond donors (Lipinski definition) is 0. The van der Waals surface area contributed by atoms with Gasteiger partial charge in [-0.1, -0.05) is 6.07 Å². The van der Waals surface area contributed by atoms with Gasteiger partial charge in [0.05, 0.1) is 5.56 Å². The lowest BCUT2D eigenvalue weighted by molar-refractivity contribution is -0.138. The van der Waals surface area contributed by atoms with Crippen LogP contribution in [0.25, 0.3) is 0 Å². The second-order valence-electron chi connectivity index (χ2n) is 2.98. The molecule has 0 saturated carbocycles. The molecule has 0 bridgehead atoms. The molecule has 0 aromatic heterocycles. The number of alkyl halides is 3. The predicted octanol–water partition coefficient (Wildman–Crippen LogP) is 2.64. The van der Waals surface area contributed by atoms with Crippen molar-refractivity contribution in [2.45, 2.75) is 11.9 Å². The normalized spacial score (nSPS) is 12.8. The van der Waals surface area contributed by atoms with Gasteiger partial charge >= 0.3 is 16.4 Å². The Labute approximate surface area is 87.9 Å². The standard InChI is InChI=1S/C8H5F5O2S/c9-6-2-1-5(4-16(13,14)15)7(3-6)8(10,11)12/h1-3H,4H2. The smallest absolute Gasteiger partial charge is 0.207 e. The van der Waals surface area contributed by atoms with Crippen molar-refractivity contribution in [2.24, 2.45) is 0 Å². The molecule has 1 aromatic carbocycles. The Kier molecular flexibility index (Phi) is 3.22. The fourth-order valence-electron chi connectivity index (χ4n) is 1.12. The molecule has 0 saturated heterocycles. The first kappa shape index (κ1) is 12.9. The van der Waals surface area contributed by atoms with E-state index in [0.29, 0.717) is 12.1 Å². The molecule has 0 aliphatic rings. The van der Waals surface area contributed by atoms with E-state index in [0.717, 1.165) is 0 Å². The Morgan fingerprint density at radius 2 is 1.75 bits per heavy atom. The fourth-order valence-corrected chi connectivity index (χ4v) is 1.75. The molecule has 0 amide bonds. The lowest BCUT2D eigenvalue weighted by Gasteiger charge is -2.11. The van der Waals surface area contributed by atoms with Gasteiger partial charge in [-0.3, -0.25) is 0 Å². The first-order valence-corrected chi connectivity index (χ1v) is 5.43. The lowest BCUT2D eigenvalue weighted by Crippen LogP contribution is -2.11. The van der Waals surface area contributed by atoms with Gasteiger partial charge in [-0.2, -0.15) is 21.6 Å². The zero-order chi connectivity index (χ0) is 12.6. The van der Waals surface area contributed by atoms with E-state index in [4.69, 9.17) is 0 Å². The maximum atomic E-state index is 12.6. The Morgan fingerprint density at radius 3 is 2.19 bits per heavy atom. The van der Waals surface area contributed by atoms with Crippen LogP contribution in [0, 0.1) is 5.82 Å². The number of halogens is 5. The van der Waals surface area contributed by atoms with E-state index in [2.05, 4.69) is 0 Å². The maximum Gasteiger partial charge on any atom is 0.416 e. The summed E-state index contributed by atoms with van der Waals surface area (Å²) in [7, 11) is -5.10. The summed E-state index contributed by atoms with van der Waals surface area (Å²) < 4.78 is 82.3. The summed E-state index contributed by atoms with van der Waals surface area (Å²) in [6.45, 7) is 0. The maximum absolute atomic E-state index is 12.6. The third-order valence-corrected chi connectivity index (χ3v) is 2.36. The van der Waals surface area contributed by atoms with Gasteiger partial charge in [-0.25, -0.2) is 4.39 Å². The average molecular weight is 260 g/mol. The molecule has 0 fully saturated rings. The van der Waals surface area contributed by atoms with Crippen molar-refractivity contribution in [1.82, 2.24) is 0 Å². The Balaban J connectivity index is 3.29. The molecule has 0 atom stereocenters. The number of rotatable bonds is 2. The molecule has 8 heteroatoms. The first-order valence-electron chi connectivity index (χ1n) is 3.87. The first-order chi connectivity index (χ1) is 7.09. The molecule has 0 radical (unpaired) electrons. The highest BCUT2D eigenvalue weighted by Gasteiger charge is 2.34. The Hall–Kier alpha value is -1.18. The van der Waals surface area contributed by atoms with E-state index >= 15 is 0 Å². The van der Waals surface area contributed by atoms with Crippen LogP contribution in [-0.4, -0.2) is 8.42 Å². The van der Waals surface area contributed by atoms with E-state index in [9.17, 15) is 29.9 Å². The van der Waals surface area contributed by atoms with Crippen molar-refractivity contribution in [3.63, 3.8) is 0 Å². The molecule has 0 spiro atoms. The third kappa shape index (κ3) is 3.44. The quantitative estimate of drug-likeness (QED) is 0.605. The Morgan fingerprint density at radius 1 is 1.19 bits per heavy atom. The molecule has 0 heterocycles. The highest BCUT2D eigenvalue weighted by Crippen LogP contribution is 2.33. The molecule has 1 aromatic rings. The van der Waals surface area contributed by atoms with E-state index in [1.54, 1.807) is 0 Å². The van der Waals surface area contributed by atoms with Gasteiger partial charge in [-0.15, -0.1) is 3.89 Å². The monoisotopic (exact) mass is 260 g/mol. The summed E-state index contributed by atoms with van der Waals surface area (Å²) in [5.41, 5.74) is -2.31. The second kappa shape index (κ2) is 4.00. The summed E-state index contributed by atoms with van der Waals surface area (Å²) in [6, 6.07) is 1.35. The van der Waals surface area contributed by atoms with Crippen molar-refractivity contribution in [3.8, 4) is 0 Å². The summed E-state index contributed by atoms with van der Waals surface area (Å²) in [5.74, 6) is -2.60. The molecule has 0 aliphatic carbocycles. The van der Waals surface area contributed by atoms with Crippen LogP contribution in [0.4, 0.5) is 21.4 Å². The topological polar surface area (TPSA) is 34.1 Å². The van der Waals surface area contributed by atoms with Crippen molar-refractivity contribution in [2.75, 3.05) is 0 Å². The highest BCUT2D eigenvalue weighted by atomic mass is 32.3. The van der Waals surface area contributed by atoms with Crippen LogP contribution in [0.3, 0.4) is 0 Å². The van der Waals surface area contributed by atoms with Gasteiger partial charge < -0.3 is 0 Å². The van der Waals surface area contributed by atoms with E-state index in [1.165, 1.54) is 0 Å². The molecule has 0 N–H and O–H groups in total. The van der Waals surface area contributed by atoms with Gasteiger partial charge in [-0.05, 0) is 17.7 Å². The van der Waals surface area contributed by atoms with E-state index in [-0.39, 0.29) is 6.07 Å². The van der Waals surface area contributed by atoms with Crippen LogP contribution in [0.15, 0.2) is 18.2 Å². The summed E-state index contributed by atoms with van der Waals surface area (Å²) in [6.07, 6.45) is -4.93. The molecular formula is C8H5F5O2S. The average Bonchev–Trinajstić information content (AvgIpc) is 2.04. The molecular weight excluding hydrogens is 255 g/mol. The molecule has 0 unspecified atom stereocenters. The van der Waals surface area contributed by atoms with Gasteiger partial charge in [0.2, 0.25) is 0 Å². The van der Waals surface area contributed by atoms with Crippen LogP contribution >= 0.6 is 0 Å². The number of hydrogen-bond acceptors (Lipinski definition) is 2. The highest BCUT2D eigenvalue weighted by molar-refractivity contribution is 7.85. The molecule has 1 rings (SSSR count). The minimum atomic E-state index is -5.10. The molecule has 16 heavy (non-hydrogen) atoms. The SMILES string of the molecule is O=S(=O)(F)Cc1ccc(F)cc1C(F)(F)F. The predicted molar refractivity (Wildman–Crippen MR) is 45.1 cm³/mol. The summed E-state index contributed by atoms with van der Waals surface area (Å²) in [4.78, 5) is 0. The number of benzene rings is 1. The zero-order valence-electron chi connectivity index (χ0n) is 7.55. The van der Waals surface area contributed by atoms with Gasteiger partial charge in [0, 0.05) is 0 Å². The van der Waals surface area contributed by atoms with Crippen LogP contribution in [0.2, 0.25) is 0 Å². The molecule has 0 aliphatic heterocycles. The Bertz CT molecular complexity index is 492. The largest absolute Gasteiger partial charge is 0.416 e. The molecule has 2 nitrogen and oxygen atoms in total. The summed E-state index contributed by atoms with van der Waals surface area (Å²) in [5, 5.41) is 0. The van der Waals surface area contributed by atoms with Gasteiger partial charge in [0.1, 0.15) is 11.6 Å². The second-order valence-corrected chi connectivity index (χ2v) is 4.35. The van der Waals surface area contributed by atoms with Gasteiger partial charge in [0.25, 0.3) is 0 Å². The van der Waals surface area contributed by atoms with Crippen LogP contribution in [0.1, 0.15) is 11.1 Å². The zero-order valence-corrected chi connectivity index (χ0v) is 8.37. The summed E-state index contributed by atoms with van der Waals surface area (Å²) >= 11 is 0. The van der Waals surface area contributed by atoms with Crippen molar-refractivity contribution in [3.05, 3.63) is 35.1 Å². The fraction of sp³-hybridized carbons (Fsp3) is 0.250. The van der Waals surface area contributed by atoms with Crippen molar-refractivity contribution >= 4 is 10.2 Å². The van der Waals surface area contributed by atoms with E-state index in [1.807, 2.05) is 0 Å². The van der Waals surface area contributed by atoms with E-state index < -0.39 is 39.1 Å².